The van der Waals surface area contributed by atoms with Crippen LogP contribution in [0.1, 0.15) is 40.1 Å². The Kier molecular flexibility index (Phi) is 9.54. The summed E-state index contributed by atoms with van der Waals surface area (Å²) in [5.41, 5.74) is 10.8. The molecule has 0 unspecified atom stereocenters. The van der Waals surface area contributed by atoms with Crippen LogP contribution in [0.25, 0.3) is 93.5 Å². The molecule has 8 nitrogen and oxygen atoms in total. The summed E-state index contributed by atoms with van der Waals surface area (Å²) < 4.78 is 67.0. The van der Waals surface area contributed by atoms with Gasteiger partial charge in [-0.25, -0.2) is 4.98 Å². The summed E-state index contributed by atoms with van der Waals surface area (Å²) in [6, 6.07) is 69.6. The van der Waals surface area contributed by atoms with E-state index in [2.05, 4.69) is 61.7 Å². The Bertz CT molecular complexity index is 4650. The first-order chi connectivity index (χ1) is 39.1. The molecule has 9 aromatic carbocycles. The zero-order chi connectivity index (χ0) is 55.7. The molecule has 5 heterocycles. The van der Waals surface area contributed by atoms with Gasteiger partial charge < -0.3 is 28.2 Å². The maximum Gasteiger partial charge on any atom is 0.135 e. The second-order valence-corrected chi connectivity index (χ2v) is 20.1. The molecule has 0 fully saturated rings. The maximum atomic E-state index is 10.0. The monoisotopic (exact) mass is 1170 g/mol. The molecule has 76 heavy (non-hydrogen) atoms. The van der Waals surface area contributed by atoms with Crippen LogP contribution in [0.4, 0.5) is 22.7 Å². The Morgan fingerprint density at radius 1 is 0.592 bits per heavy atom. The summed E-state index contributed by atoms with van der Waals surface area (Å²) in [6.07, 6.45) is 1.94. The molecule has 13 aromatic rings. The fourth-order valence-electron chi connectivity index (χ4n) is 11.4. The number of pyridine rings is 1. The summed E-state index contributed by atoms with van der Waals surface area (Å²) in [5.74, 6) is 1.51. The first-order valence-electron chi connectivity index (χ1n) is 27.8. The van der Waals surface area contributed by atoms with E-state index in [1.807, 2.05) is 193 Å². The quantitative estimate of drug-likeness (QED) is 0.149. The number of nitriles is 1. The van der Waals surface area contributed by atoms with Gasteiger partial charge in [-0.3, -0.25) is 0 Å². The minimum Gasteiger partial charge on any atom is -0.509 e. The Morgan fingerprint density at radius 2 is 1.21 bits per heavy atom. The van der Waals surface area contributed by atoms with Crippen LogP contribution >= 0.6 is 0 Å². The van der Waals surface area contributed by atoms with Crippen molar-refractivity contribution in [3.05, 3.63) is 224 Å². The SMILES string of the molecule is [2H]C([2H])([2H])n1c2ccccc2c2c(-c3ccccc3)c3c4ccccc4n(C([2H])([2H])[2H])c3c(N3[CH-]N(c4[c-]c(Oc5[c-]c6c(cc5)c5cc(C#N)ccc5n6-c5cc(C(C)(C)C)c(-c6ccccc6)cn5)ccc4)c4ccccc43)c21.[Pt]. The van der Waals surface area contributed by atoms with Crippen LogP contribution < -0.4 is 14.5 Å². The second-order valence-electron chi connectivity index (χ2n) is 20.1. The Labute approximate surface area is 463 Å². The van der Waals surface area contributed by atoms with Crippen molar-refractivity contribution in [2.45, 2.75) is 26.2 Å². The Balaban J connectivity index is 0.00000631. The molecule has 4 aromatic heterocycles. The summed E-state index contributed by atoms with van der Waals surface area (Å²) in [5, 5.41) is 14.6. The molecular weight excluding hydrogens is 1110 g/mol. The molecule has 0 atom stereocenters. The third-order valence-corrected chi connectivity index (χ3v) is 14.7. The van der Waals surface area contributed by atoms with E-state index >= 15 is 0 Å². The molecule has 14 rings (SSSR count). The van der Waals surface area contributed by atoms with Crippen LogP contribution in [-0.2, 0) is 40.4 Å². The van der Waals surface area contributed by atoms with Crippen molar-refractivity contribution >= 4 is 88.2 Å². The molecule has 9 heteroatoms. The first-order valence-corrected chi connectivity index (χ1v) is 24.8. The van der Waals surface area contributed by atoms with Gasteiger partial charge >= 0.3 is 0 Å². The topological polar surface area (TPSA) is 67.2 Å². The van der Waals surface area contributed by atoms with E-state index in [0.29, 0.717) is 89.1 Å². The molecule has 1 aliphatic heterocycles. The van der Waals surface area contributed by atoms with Gasteiger partial charge in [-0.05, 0) is 76.0 Å². The van der Waals surface area contributed by atoms with Crippen LogP contribution in [-0.4, -0.2) is 18.7 Å². The number of nitrogens with zero attached hydrogens (tertiary/aromatic N) is 7. The van der Waals surface area contributed by atoms with Gasteiger partial charge in [0.2, 0.25) is 0 Å². The van der Waals surface area contributed by atoms with E-state index in [0.717, 1.165) is 49.8 Å². The van der Waals surface area contributed by atoms with Gasteiger partial charge in [0.05, 0.1) is 28.4 Å². The van der Waals surface area contributed by atoms with Gasteiger partial charge in [0, 0.05) is 122 Å². The molecule has 0 radical (unpaired) electrons. The number of anilines is 4. The normalized spacial score (nSPS) is 14.1. The second kappa shape index (κ2) is 17.9. The van der Waals surface area contributed by atoms with Crippen LogP contribution in [0.3, 0.4) is 0 Å². The number of aromatic nitrogens is 4. The van der Waals surface area contributed by atoms with E-state index in [1.54, 1.807) is 0 Å². The summed E-state index contributed by atoms with van der Waals surface area (Å²) in [7, 11) is 0. The van der Waals surface area contributed by atoms with E-state index in [4.69, 9.17) is 9.72 Å². The number of aryl methyl sites for hydroxylation is 2. The van der Waals surface area contributed by atoms with Crippen molar-refractivity contribution in [1.82, 2.24) is 18.7 Å². The van der Waals surface area contributed by atoms with Crippen LogP contribution in [0.15, 0.2) is 194 Å². The molecule has 0 spiro atoms. The summed E-state index contributed by atoms with van der Waals surface area (Å²) in [4.78, 5) is 8.99. The van der Waals surface area contributed by atoms with Gasteiger partial charge in [-0.15, -0.1) is 48.1 Å². The van der Waals surface area contributed by atoms with Gasteiger partial charge in [0.25, 0.3) is 0 Å². The van der Waals surface area contributed by atoms with E-state index in [-0.39, 0.29) is 26.5 Å². The number of fused-ring (bicyclic) bond motifs is 10. The molecule has 0 saturated heterocycles. The van der Waals surface area contributed by atoms with Crippen LogP contribution in [0.5, 0.6) is 11.5 Å². The number of hydrogen-bond acceptors (Lipinski definition) is 5. The standard InChI is InChI=1S/C67H48N7O.Pt/c1-67(2,3)53-38-60(69-40-52(53)43-19-8-6-9-20-43)74-56-34-31-42(39-68)35-51(56)48-33-32-47(37-59(48)74)75-46-24-18-23-45(36-46)72-41-73(58-30-17-16-29-57(58)72)66-64-62(49-25-12-14-27-54(49)70(64)4)61(44-21-10-7-11-22-44)63-50-26-13-15-28-55(50)71(5)65(63)66;/h6-35,38,40-41H,1-5H3;/q-3;/i4D3,5D3;. The smallest absolute Gasteiger partial charge is 0.135 e. The van der Waals surface area contributed by atoms with Crippen molar-refractivity contribution in [2.75, 3.05) is 9.80 Å². The predicted molar refractivity (Wildman–Crippen MR) is 306 cm³/mol. The van der Waals surface area contributed by atoms with Crippen molar-refractivity contribution in [1.29, 1.82) is 5.26 Å². The third-order valence-electron chi connectivity index (χ3n) is 14.7. The van der Waals surface area contributed by atoms with Crippen molar-refractivity contribution < 1.29 is 34.0 Å². The number of hydrogen-bond donors (Lipinski definition) is 0. The Hall–Kier alpha value is -8.89. The average Bonchev–Trinajstić information content (AvgIpc) is 1.85. The number of ether oxygens (including phenoxy) is 1. The summed E-state index contributed by atoms with van der Waals surface area (Å²) >= 11 is 0. The number of rotatable bonds is 7. The van der Waals surface area contributed by atoms with Crippen molar-refractivity contribution in [3.63, 3.8) is 0 Å². The largest absolute Gasteiger partial charge is 0.509 e. The van der Waals surface area contributed by atoms with Gasteiger partial charge in [0.15, 0.2) is 0 Å². The zero-order valence-electron chi connectivity index (χ0n) is 47.4. The van der Waals surface area contributed by atoms with Crippen LogP contribution in [0, 0.1) is 30.1 Å². The van der Waals surface area contributed by atoms with E-state index in [9.17, 15) is 13.5 Å². The maximum absolute atomic E-state index is 10.0. The zero-order valence-corrected chi connectivity index (χ0v) is 43.7. The van der Waals surface area contributed by atoms with Gasteiger partial charge in [-0.2, -0.15) is 17.4 Å². The van der Waals surface area contributed by atoms with Crippen molar-refractivity contribution in [3.8, 4) is 45.6 Å². The summed E-state index contributed by atoms with van der Waals surface area (Å²) in [6.45, 7) is 3.06. The molecule has 1 aliphatic rings. The first kappa shape index (κ1) is 40.5. The molecule has 0 saturated carbocycles. The third kappa shape index (κ3) is 7.18. The van der Waals surface area contributed by atoms with Crippen molar-refractivity contribution in [2.24, 2.45) is 14.0 Å². The molecule has 0 bridgehead atoms. The van der Waals surface area contributed by atoms with Gasteiger partial charge in [-0.1, -0.05) is 135 Å². The molecule has 0 amide bonds. The molecular formula is C67H48N7OPt-3. The van der Waals surface area contributed by atoms with Gasteiger partial charge in [0.1, 0.15) is 5.82 Å². The fourth-order valence-corrected chi connectivity index (χ4v) is 11.4. The molecule has 370 valence electrons. The number of benzene rings is 9. The van der Waals surface area contributed by atoms with Crippen LogP contribution in [0.2, 0.25) is 0 Å². The Morgan fingerprint density at radius 3 is 1.87 bits per heavy atom. The fraction of sp³-hybridized carbons (Fsp3) is 0.0896. The molecule has 0 N–H and O–H groups in total. The molecule has 0 aliphatic carbocycles. The minimum atomic E-state index is -2.71. The van der Waals surface area contributed by atoms with E-state index < -0.39 is 14.0 Å². The average molecular weight is 1170 g/mol. The number of para-hydroxylation sites is 4. The van der Waals surface area contributed by atoms with E-state index in [1.165, 1.54) is 9.13 Å². The predicted octanol–water partition coefficient (Wildman–Crippen LogP) is 16.8. The minimum absolute atomic E-state index is 0.